The molecule has 2 bridgehead atoms. The lowest BCUT2D eigenvalue weighted by Gasteiger charge is -2.42. The second-order valence-electron chi connectivity index (χ2n) is 8.78. The second kappa shape index (κ2) is 8.62. The highest BCUT2D eigenvalue weighted by molar-refractivity contribution is 8.48. The van der Waals surface area contributed by atoms with Crippen molar-refractivity contribution in [1.29, 1.82) is 0 Å². The molecule has 15 heteroatoms. The SMILES string of the molecule is O=C(NCc1cn(CCN2C[C@H]3C[C@H](C2)c2cccc(=O)n2C3)nn1)OC/C=C/S(F)(F)(F)(F)F. The molecule has 0 radical (unpaired) electrons. The van der Waals surface area contributed by atoms with Crippen LogP contribution in [0.2, 0.25) is 0 Å². The molecule has 1 saturated heterocycles. The number of nitrogens with zero attached hydrogens (tertiary/aromatic N) is 5. The molecule has 1 amide bonds. The quantitative estimate of drug-likeness (QED) is 0.531. The van der Waals surface area contributed by atoms with E-state index in [4.69, 9.17) is 0 Å². The Hall–Kier alpha value is -2.94. The van der Waals surface area contributed by atoms with Crippen LogP contribution in [0.4, 0.5) is 24.2 Å². The van der Waals surface area contributed by atoms with Gasteiger partial charge in [0.2, 0.25) is 0 Å². The molecule has 35 heavy (non-hydrogen) atoms. The summed E-state index contributed by atoms with van der Waals surface area (Å²) in [6.07, 6.45) is 1.65. The van der Waals surface area contributed by atoms with Crippen molar-refractivity contribution in [2.45, 2.75) is 32.0 Å². The Balaban J connectivity index is 1.21. The molecule has 9 nitrogen and oxygen atoms in total. The van der Waals surface area contributed by atoms with Gasteiger partial charge in [-0.05, 0) is 24.5 Å². The summed E-state index contributed by atoms with van der Waals surface area (Å²) in [5.74, 6) is 0.707. The zero-order valence-electron chi connectivity index (χ0n) is 18.5. The number of hydrogen-bond acceptors (Lipinski definition) is 6. The third kappa shape index (κ3) is 7.27. The van der Waals surface area contributed by atoms with Crippen LogP contribution in [0, 0.1) is 5.92 Å². The average molecular weight is 525 g/mol. The number of halogens is 5. The van der Waals surface area contributed by atoms with Crippen molar-refractivity contribution in [3.05, 3.63) is 57.6 Å². The van der Waals surface area contributed by atoms with Crippen LogP contribution in [-0.2, 0) is 24.4 Å². The van der Waals surface area contributed by atoms with Gasteiger partial charge in [-0.25, -0.2) is 4.79 Å². The van der Waals surface area contributed by atoms with Crippen LogP contribution in [0.1, 0.15) is 23.7 Å². The summed E-state index contributed by atoms with van der Waals surface area (Å²) in [6.45, 7) is 2.66. The smallest absolute Gasteiger partial charge is 0.407 e. The van der Waals surface area contributed by atoms with Gasteiger partial charge in [-0.3, -0.25) is 9.48 Å². The predicted molar refractivity (Wildman–Crippen MR) is 118 cm³/mol. The van der Waals surface area contributed by atoms with E-state index in [0.717, 1.165) is 31.7 Å². The fraction of sp³-hybridized carbons (Fsp3) is 0.500. The second-order valence-corrected chi connectivity index (χ2v) is 11.1. The third-order valence-corrected chi connectivity index (χ3v) is 6.57. The minimum atomic E-state index is -9.67. The molecule has 2 atom stereocenters. The topological polar surface area (TPSA) is 94.3 Å². The number of alkyl carbamates (subject to hydrolysis) is 1. The predicted octanol–water partition coefficient (Wildman–Crippen LogP) is 3.60. The molecule has 2 aromatic rings. The van der Waals surface area contributed by atoms with Gasteiger partial charge in [0.25, 0.3) is 5.56 Å². The van der Waals surface area contributed by atoms with Crippen LogP contribution in [-0.4, -0.2) is 56.8 Å². The van der Waals surface area contributed by atoms with Crippen LogP contribution in [0.5, 0.6) is 0 Å². The zero-order valence-corrected chi connectivity index (χ0v) is 19.4. The Morgan fingerprint density at radius 2 is 1.97 bits per heavy atom. The molecule has 2 aliphatic heterocycles. The molecule has 1 N–H and O–H groups in total. The summed E-state index contributed by atoms with van der Waals surface area (Å²) in [6, 6.07) is 5.40. The fourth-order valence-electron chi connectivity index (χ4n) is 4.51. The number of aromatic nitrogens is 4. The maximum absolute atomic E-state index is 12.2. The minimum absolute atomic E-state index is 0.0405. The molecule has 0 unspecified atom stereocenters. The molecule has 194 valence electrons. The molecule has 0 aliphatic carbocycles. The maximum Gasteiger partial charge on any atom is 0.407 e. The molecule has 2 aromatic heterocycles. The van der Waals surface area contributed by atoms with Crippen LogP contribution >= 0.6 is 10.2 Å². The molecule has 0 spiro atoms. The number of piperidine rings is 1. The van der Waals surface area contributed by atoms with Crippen LogP contribution in [0.15, 0.2) is 40.7 Å². The number of amides is 1. The maximum atomic E-state index is 12.2. The largest absolute Gasteiger partial charge is 0.445 e. The molecule has 2 aliphatic rings. The Labute approximate surface area is 197 Å². The Morgan fingerprint density at radius 1 is 1.17 bits per heavy atom. The van der Waals surface area contributed by atoms with Gasteiger partial charge in [0.05, 0.1) is 24.7 Å². The van der Waals surface area contributed by atoms with Gasteiger partial charge in [-0.2, -0.15) is 0 Å². The standard InChI is InChI=1S/C20H25F5N6O3S/c21-35(22,23,24,25)8-2-7-34-20(33)26-10-17-14-30(28-27-17)6-5-29-11-15-9-16(13-29)18-3-1-4-19(32)31(18)12-15/h1-4,8,14-16H,5-7,9-13H2,(H,26,33)/b8-2+/t15-,16-/m1/s1. The van der Waals surface area contributed by atoms with Gasteiger partial charge >= 0.3 is 16.3 Å². The molecule has 4 rings (SSSR count). The highest BCUT2D eigenvalue weighted by Crippen LogP contribution is 2.98. The number of carbonyl (C=O) groups excluding carboxylic acids is 1. The van der Waals surface area contributed by atoms with E-state index in [1.54, 1.807) is 23.0 Å². The van der Waals surface area contributed by atoms with Crippen molar-refractivity contribution in [1.82, 2.24) is 29.8 Å². The Kier molecular flexibility index (Phi) is 6.20. The lowest BCUT2D eigenvalue weighted by molar-refractivity contribution is 0.115. The summed E-state index contributed by atoms with van der Waals surface area (Å²) in [4.78, 5) is 26.0. The number of hydrogen-bond donors (Lipinski definition) is 1. The summed E-state index contributed by atoms with van der Waals surface area (Å²) in [5, 5.41) is 9.03. The van der Waals surface area contributed by atoms with Crippen molar-refractivity contribution in [3.8, 4) is 0 Å². The molecule has 4 heterocycles. The van der Waals surface area contributed by atoms with E-state index in [0.29, 0.717) is 30.6 Å². The number of carbonyl (C=O) groups is 1. The summed E-state index contributed by atoms with van der Waals surface area (Å²) >= 11 is 0. The number of likely N-dealkylation sites (tertiary alicyclic amines) is 1. The Bertz CT molecular complexity index is 1180. The number of fused-ring (bicyclic) bond motifs is 4. The van der Waals surface area contributed by atoms with Crippen molar-refractivity contribution in [2.75, 3.05) is 26.2 Å². The lowest BCUT2D eigenvalue weighted by atomic mass is 9.83. The van der Waals surface area contributed by atoms with E-state index >= 15 is 0 Å². The molecule has 1 fully saturated rings. The minimum Gasteiger partial charge on any atom is -0.445 e. The van der Waals surface area contributed by atoms with E-state index in [1.165, 1.54) is 0 Å². The van der Waals surface area contributed by atoms with Crippen molar-refractivity contribution < 1.29 is 29.0 Å². The number of nitrogens with one attached hydrogen (secondary N) is 1. The summed E-state index contributed by atoms with van der Waals surface area (Å²) in [7, 11) is -9.67. The highest BCUT2D eigenvalue weighted by Gasteiger charge is 2.60. The van der Waals surface area contributed by atoms with E-state index in [2.05, 4.69) is 25.3 Å². The normalized spacial score (nSPS) is 22.3. The van der Waals surface area contributed by atoms with Crippen molar-refractivity contribution in [2.24, 2.45) is 5.92 Å². The summed E-state index contributed by atoms with van der Waals surface area (Å²) < 4.78 is 68.7. The van der Waals surface area contributed by atoms with Gasteiger partial charge in [0.15, 0.2) is 0 Å². The van der Waals surface area contributed by atoms with Crippen LogP contribution < -0.4 is 10.9 Å². The van der Waals surface area contributed by atoms with E-state index < -0.39 is 28.3 Å². The molecular weight excluding hydrogens is 499 g/mol. The van der Waals surface area contributed by atoms with Gasteiger partial charge in [-0.15, -0.1) is 5.10 Å². The van der Waals surface area contributed by atoms with Crippen LogP contribution in [0.3, 0.4) is 0 Å². The number of ether oxygens (including phenoxy) is 1. The van der Waals surface area contributed by atoms with E-state index in [-0.39, 0.29) is 18.2 Å². The van der Waals surface area contributed by atoms with Gasteiger partial charge in [-0.1, -0.05) is 30.7 Å². The lowest BCUT2D eigenvalue weighted by Crippen LogP contribution is -2.47. The first-order valence-electron chi connectivity index (χ1n) is 10.9. The van der Waals surface area contributed by atoms with Gasteiger partial charge in [0, 0.05) is 43.9 Å². The summed E-state index contributed by atoms with van der Waals surface area (Å²) in [5.41, 5.74) is 1.51. The fourth-order valence-corrected chi connectivity index (χ4v) is 4.95. The third-order valence-electron chi connectivity index (χ3n) is 5.86. The van der Waals surface area contributed by atoms with E-state index in [1.807, 2.05) is 10.6 Å². The average Bonchev–Trinajstić information content (AvgIpc) is 3.21. The monoisotopic (exact) mass is 524 g/mol. The number of pyridine rings is 1. The van der Waals surface area contributed by atoms with Gasteiger partial charge < -0.3 is 19.5 Å². The van der Waals surface area contributed by atoms with Crippen LogP contribution in [0.25, 0.3) is 0 Å². The van der Waals surface area contributed by atoms with E-state index in [9.17, 15) is 29.0 Å². The highest BCUT2D eigenvalue weighted by atomic mass is 32.5. The first kappa shape index (κ1) is 25.2. The molecule has 0 saturated carbocycles. The van der Waals surface area contributed by atoms with Crippen molar-refractivity contribution in [3.63, 3.8) is 0 Å². The zero-order chi connectivity index (χ0) is 25.3. The first-order valence-corrected chi connectivity index (χ1v) is 12.9. The molecular formula is C20H25F5N6O3S. The Morgan fingerprint density at radius 3 is 2.74 bits per heavy atom. The number of rotatable bonds is 8. The van der Waals surface area contributed by atoms with Gasteiger partial charge in [0.1, 0.15) is 12.3 Å². The molecule has 0 aromatic carbocycles. The van der Waals surface area contributed by atoms with Crippen molar-refractivity contribution >= 4 is 16.3 Å². The first-order chi connectivity index (χ1) is 16.2.